The van der Waals surface area contributed by atoms with Crippen LogP contribution in [0.5, 0.6) is 23.0 Å². The molecule has 0 saturated heterocycles. The van der Waals surface area contributed by atoms with Gasteiger partial charge in [0.05, 0.1) is 16.1 Å². The number of carbonyl (C=O) groups excluding carboxylic acids is 1. The minimum Gasteiger partial charge on any atom is -0.508 e. The van der Waals surface area contributed by atoms with Gasteiger partial charge in [0, 0.05) is 12.1 Å². The van der Waals surface area contributed by atoms with Crippen molar-refractivity contribution >= 4 is 32.6 Å². The highest BCUT2D eigenvalue weighted by atomic mass is 32.1. The SMILES string of the molecule is O=C(Nc1nc2cc(O)c(O)cc2s1)C(c1ccc(O)cc1)c1ccc(O)cc1. The first-order valence-corrected chi connectivity index (χ1v) is 9.43. The lowest BCUT2D eigenvalue weighted by Crippen LogP contribution is -2.22. The molecule has 3 aromatic carbocycles. The van der Waals surface area contributed by atoms with E-state index in [4.69, 9.17) is 0 Å². The molecule has 0 unspecified atom stereocenters. The average Bonchev–Trinajstić information content (AvgIpc) is 3.06. The van der Waals surface area contributed by atoms with Crippen LogP contribution in [0.25, 0.3) is 10.2 Å². The van der Waals surface area contributed by atoms with Crippen LogP contribution in [0, 0.1) is 0 Å². The smallest absolute Gasteiger partial charge is 0.238 e. The highest BCUT2D eigenvalue weighted by molar-refractivity contribution is 7.22. The quantitative estimate of drug-likeness (QED) is 0.327. The maximum Gasteiger partial charge on any atom is 0.238 e. The molecule has 1 aromatic heterocycles. The number of phenols is 4. The van der Waals surface area contributed by atoms with E-state index < -0.39 is 5.92 Å². The largest absolute Gasteiger partial charge is 0.508 e. The van der Waals surface area contributed by atoms with E-state index in [1.807, 2.05) is 0 Å². The molecule has 7 nitrogen and oxygen atoms in total. The van der Waals surface area contributed by atoms with E-state index >= 15 is 0 Å². The first-order chi connectivity index (χ1) is 13.9. The molecule has 1 amide bonds. The second-order valence-corrected chi connectivity index (χ2v) is 7.46. The molecule has 4 aromatic rings. The molecule has 0 aliphatic rings. The number of aromatic nitrogens is 1. The summed E-state index contributed by atoms with van der Waals surface area (Å²) in [6.07, 6.45) is 0. The summed E-state index contributed by atoms with van der Waals surface area (Å²) in [6, 6.07) is 15.3. The Morgan fingerprint density at radius 3 is 1.90 bits per heavy atom. The van der Waals surface area contributed by atoms with Gasteiger partial charge in [0.2, 0.25) is 5.91 Å². The number of thiazole rings is 1. The molecule has 5 N–H and O–H groups in total. The molecule has 0 fully saturated rings. The number of phenolic OH excluding ortho intramolecular Hbond substituents is 4. The molecule has 0 aliphatic carbocycles. The predicted molar refractivity (Wildman–Crippen MR) is 110 cm³/mol. The van der Waals surface area contributed by atoms with Crippen molar-refractivity contribution in [3.8, 4) is 23.0 Å². The van der Waals surface area contributed by atoms with Gasteiger partial charge in [-0.15, -0.1) is 0 Å². The molecule has 4 rings (SSSR count). The van der Waals surface area contributed by atoms with Crippen molar-refractivity contribution in [1.82, 2.24) is 4.98 Å². The van der Waals surface area contributed by atoms with E-state index in [9.17, 15) is 25.2 Å². The third-order valence-corrected chi connectivity index (χ3v) is 5.36. The van der Waals surface area contributed by atoms with Crippen LogP contribution in [0.4, 0.5) is 5.13 Å². The molecule has 8 heteroatoms. The van der Waals surface area contributed by atoms with Gasteiger partial charge in [-0.3, -0.25) is 4.79 Å². The Bertz CT molecular complexity index is 1100. The van der Waals surface area contributed by atoms with Crippen LogP contribution in [0.2, 0.25) is 0 Å². The van der Waals surface area contributed by atoms with E-state index in [2.05, 4.69) is 10.3 Å². The van der Waals surface area contributed by atoms with Crippen molar-refractivity contribution in [2.24, 2.45) is 0 Å². The summed E-state index contributed by atoms with van der Waals surface area (Å²) in [7, 11) is 0. The van der Waals surface area contributed by atoms with Crippen LogP contribution in [0.1, 0.15) is 17.0 Å². The molecule has 0 aliphatic heterocycles. The summed E-state index contributed by atoms with van der Waals surface area (Å²) < 4.78 is 0.612. The van der Waals surface area contributed by atoms with Crippen molar-refractivity contribution in [3.05, 3.63) is 71.8 Å². The number of rotatable bonds is 4. The highest BCUT2D eigenvalue weighted by Gasteiger charge is 2.24. The zero-order valence-corrected chi connectivity index (χ0v) is 15.7. The summed E-state index contributed by atoms with van der Waals surface area (Å²) in [4.78, 5) is 17.4. The summed E-state index contributed by atoms with van der Waals surface area (Å²) >= 11 is 1.17. The van der Waals surface area contributed by atoms with E-state index in [1.54, 1.807) is 24.3 Å². The number of anilines is 1. The van der Waals surface area contributed by atoms with Crippen molar-refractivity contribution in [2.75, 3.05) is 5.32 Å². The standard InChI is InChI=1S/C21H16N2O5S/c24-13-5-1-11(2-6-13)19(12-3-7-14(25)8-4-12)20(28)23-21-22-15-9-16(26)17(27)10-18(15)29-21/h1-10,19,24-27H,(H,22,23,28). The fraction of sp³-hybridized carbons (Fsp3) is 0.0476. The predicted octanol–water partition coefficient (Wildman–Crippen LogP) is 3.89. The maximum absolute atomic E-state index is 13.1. The number of benzene rings is 3. The van der Waals surface area contributed by atoms with Gasteiger partial charge in [0.1, 0.15) is 11.5 Å². The molecule has 0 spiro atoms. The van der Waals surface area contributed by atoms with Gasteiger partial charge in [0.15, 0.2) is 16.6 Å². The van der Waals surface area contributed by atoms with E-state index in [0.717, 1.165) is 0 Å². The Kier molecular flexibility index (Phi) is 4.69. The number of nitrogens with one attached hydrogen (secondary N) is 1. The third-order valence-electron chi connectivity index (χ3n) is 4.43. The summed E-state index contributed by atoms with van der Waals surface area (Å²) in [6.45, 7) is 0. The van der Waals surface area contributed by atoms with Gasteiger partial charge < -0.3 is 25.7 Å². The second kappa shape index (κ2) is 7.33. The lowest BCUT2D eigenvalue weighted by Gasteiger charge is -2.17. The van der Waals surface area contributed by atoms with Crippen molar-refractivity contribution in [2.45, 2.75) is 5.92 Å². The number of fused-ring (bicyclic) bond motifs is 1. The second-order valence-electron chi connectivity index (χ2n) is 6.43. The van der Waals surface area contributed by atoms with Gasteiger partial charge in [-0.25, -0.2) is 4.98 Å². The molecule has 0 bridgehead atoms. The minimum atomic E-state index is -0.704. The topological polar surface area (TPSA) is 123 Å². The normalized spacial score (nSPS) is 11.1. The number of hydrogen-bond acceptors (Lipinski definition) is 7. The van der Waals surface area contributed by atoms with Crippen LogP contribution < -0.4 is 5.32 Å². The number of aromatic hydroxyl groups is 4. The van der Waals surface area contributed by atoms with Gasteiger partial charge in [-0.2, -0.15) is 0 Å². The van der Waals surface area contributed by atoms with E-state index in [1.165, 1.54) is 47.7 Å². The fourth-order valence-electron chi connectivity index (χ4n) is 3.01. The number of hydrogen-bond donors (Lipinski definition) is 5. The number of amides is 1. The zero-order chi connectivity index (χ0) is 20.5. The molecular formula is C21H16N2O5S. The molecule has 0 saturated carbocycles. The molecule has 1 heterocycles. The van der Waals surface area contributed by atoms with Crippen molar-refractivity contribution < 1.29 is 25.2 Å². The third kappa shape index (κ3) is 3.78. The monoisotopic (exact) mass is 408 g/mol. The molecule has 0 radical (unpaired) electrons. The minimum absolute atomic E-state index is 0.0874. The van der Waals surface area contributed by atoms with Crippen molar-refractivity contribution in [3.63, 3.8) is 0 Å². The average molecular weight is 408 g/mol. The van der Waals surface area contributed by atoms with Crippen LogP contribution in [-0.4, -0.2) is 31.3 Å². The van der Waals surface area contributed by atoms with Crippen LogP contribution in [-0.2, 0) is 4.79 Å². The molecule has 0 atom stereocenters. The Hall–Kier alpha value is -3.78. The Balaban J connectivity index is 1.69. The lowest BCUT2D eigenvalue weighted by molar-refractivity contribution is -0.116. The first-order valence-electron chi connectivity index (χ1n) is 8.62. The van der Waals surface area contributed by atoms with Gasteiger partial charge in [-0.05, 0) is 35.4 Å². The zero-order valence-electron chi connectivity index (χ0n) is 14.9. The summed E-state index contributed by atoms with van der Waals surface area (Å²) in [5, 5.41) is 41.5. The molecular weight excluding hydrogens is 392 g/mol. The van der Waals surface area contributed by atoms with Crippen LogP contribution in [0.15, 0.2) is 60.7 Å². The van der Waals surface area contributed by atoms with Crippen LogP contribution in [0.3, 0.4) is 0 Å². The lowest BCUT2D eigenvalue weighted by atomic mass is 9.90. The van der Waals surface area contributed by atoms with Crippen molar-refractivity contribution in [1.29, 1.82) is 0 Å². The summed E-state index contributed by atoms with van der Waals surface area (Å²) in [5.41, 5.74) is 1.76. The van der Waals surface area contributed by atoms with Crippen LogP contribution >= 0.6 is 11.3 Å². The van der Waals surface area contributed by atoms with E-state index in [-0.39, 0.29) is 28.9 Å². The van der Waals surface area contributed by atoms with Gasteiger partial charge in [-0.1, -0.05) is 35.6 Å². The van der Waals surface area contributed by atoms with Gasteiger partial charge >= 0.3 is 0 Å². The maximum atomic E-state index is 13.1. The van der Waals surface area contributed by atoms with Gasteiger partial charge in [0.25, 0.3) is 0 Å². The van der Waals surface area contributed by atoms with E-state index in [0.29, 0.717) is 26.5 Å². The molecule has 29 heavy (non-hydrogen) atoms. The Morgan fingerprint density at radius 1 is 0.828 bits per heavy atom. The Morgan fingerprint density at radius 2 is 1.34 bits per heavy atom. The highest BCUT2D eigenvalue weighted by Crippen LogP contribution is 2.36. The first kappa shape index (κ1) is 18.6. The summed E-state index contributed by atoms with van der Waals surface area (Å²) in [5.74, 6) is -1.43. The number of nitrogens with zero attached hydrogens (tertiary/aromatic N) is 1. The fourth-order valence-corrected chi connectivity index (χ4v) is 3.90. The number of carbonyl (C=O) groups is 1. The Labute approximate surface area is 169 Å². The molecule has 146 valence electrons.